The molecule has 0 spiro atoms. The third-order valence-electron chi connectivity index (χ3n) is 3.09. The largest absolute Gasteiger partial charge is 0.396 e. The molecule has 0 saturated heterocycles. The number of nitrogens with one attached hydrogen (secondary N) is 1. The van der Waals surface area contributed by atoms with Crippen LogP contribution in [0.5, 0.6) is 0 Å². The minimum Gasteiger partial charge on any atom is -0.396 e. The van der Waals surface area contributed by atoms with Crippen LogP contribution in [0.1, 0.15) is 59.3 Å². The van der Waals surface area contributed by atoms with Gasteiger partial charge >= 0.3 is 0 Å². The number of aliphatic hydroxyl groups excluding tert-OH is 1. The molecular formula is C13H27NO2. The smallest absolute Gasteiger partial charge is 0.223 e. The Morgan fingerprint density at radius 1 is 1.19 bits per heavy atom. The molecule has 0 aromatic carbocycles. The summed E-state index contributed by atoms with van der Waals surface area (Å²) in [5.74, 6) is 0.309. The average Bonchev–Trinajstić information content (AvgIpc) is 2.29. The Morgan fingerprint density at radius 3 is 2.31 bits per heavy atom. The van der Waals surface area contributed by atoms with Crippen molar-refractivity contribution in [1.82, 2.24) is 5.32 Å². The van der Waals surface area contributed by atoms with E-state index in [-0.39, 0.29) is 24.5 Å². The molecule has 0 aromatic rings. The topological polar surface area (TPSA) is 49.3 Å². The molecule has 0 rings (SSSR count). The lowest BCUT2D eigenvalue weighted by Crippen LogP contribution is -2.39. The van der Waals surface area contributed by atoms with Gasteiger partial charge in [-0.2, -0.15) is 0 Å². The van der Waals surface area contributed by atoms with E-state index in [0.717, 1.165) is 32.1 Å². The lowest BCUT2D eigenvalue weighted by Gasteiger charge is -2.20. The first-order chi connectivity index (χ1) is 7.69. The molecule has 1 amide bonds. The molecule has 0 aliphatic carbocycles. The second kappa shape index (κ2) is 9.64. The van der Waals surface area contributed by atoms with Gasteiger partial charge in [0.25, 0.3) is 0 Å². The van der Waals surface area contributed by atoms with Gasteiger partial charge in [0, 0.05) is 18.6 Å². The number of rotatable bonds is 9. The molecule has 0 radical (unpaired) electrons. The molecule has 0 heterocycles. The van der Waals surface area contributed by atoms with E-state index in [1.54, 1.807) is 0 Å². The van der Waals surface area contributed by atoms with Crippen LogP contribution >= 0.6 is 0 Å². The van der Waals surface area contributed by atoms with Gasteiger partial charge in [0.05, 0.1) is 0 Å². The molecule has 0 saturated carbocycles. The molecule has 2 unspecified atom stereocenters. The third-order valence-corrected chi connectivity index (χ3v) is 3.09. The summed E-state index contributed by atoms with van der Waals surface area (Å²) in [4.78, 5) is 11.9. The van der Waals surface area contributed by atoms with Crippen LogP contribution < -0.4 is 5.32 Å². The predicted octanol–water partition coefficient (Wildman–Crippen LogP) is 2.48. The highest BCUT2D eigenvalue weighted by molar-refractivity contribution is 5.78. The quantitative estimate of drug-likeness (QED) is 0.638. The molecule has 16 heavy (non-hydrogen) atoms. The average molecular weight is 229 g/mol. The van der Waals surface area contributed by atoms with Gasteiger partial charge in [-0.05, 0) is 25.7 Å². The summed E-state index contributed by atoms with van der Waals surface area (Å²) < 4.78 is 0. The van der Waals surface area contributed by atoms with Gasteiger partial charge in [-0.1, -0.05) is 33.6 Å². The maximum Gasteiger partial charge on any atom is 0.223 e. The second-order valence-corrected chi connectivity index (χ2v) is 4.37. The van der Waals surface area contributed by atoms with E-state index in [4.69, 9.17) is 5.11 Å². The predicted molar refractivity (Wildman–Crippen MR) is 67.2 cm³/mol. The molecule has 0 bridgehead atoms. The summed E-state index contributed by atoms with van der Waals surface area (Å²) >= 11 is 0. The van der Waals surface area contributed by atoms with Gasteiger partial charge in [0.15, 0.2) is 0 Å². The molecule has 0 aromatic heterocycles. The molecular weight excluding hydrogens is 202 g/mol. The highest BCUT2D eigenvalue weighted by Gasteiger charge is 2.18. The van der Waals surface area contributed by atoms with Gasteiger partial charge < -0.3 is 10.4 Å². The highest BCUT2D eigenvalue weighted by atomic mass is 16.3. The van der Waals surface area contributed by atoms with Crippen LogP contribution in [0.2, 0.25) is 0 Å². The van der Waals surface area contributed by atoms with Crippen LogP contribution in [-0.2, 0) is 4.79 Å². The maximum absolute atomic E-state index is 11.9. The fraction of sp³-hybridized carbons (Fsp3) is 0.923. The van der Waals surface area contributed by atoms with Crippen molar-refractivity contribution in [2.24, 2.45) is 5.92 Å². The summed E-state index contributed by atoms with van der Waals surface area (Å²) in [5.41, 5.74) is 0. The Hall–Kier alpha value is -0.570. The van der Waals surface area contributed by atoms with Crippen molar-refractivity contribution in [1.29, 1.82) is 0 Å². The standard InChI is InChI=1S/C13H27NO2/c1-4-7-8-11(5-2)13(16)14-12(6-3)9-10-15/h11-12,15H,4-10H2,1-3H3,(H,14,16). The minimum atomic E-state index is 0.133. The van der Waals surface area contributed by atoms with Gasteiger partial charge in [-0.15, -0.1) is 0 Å². The molecule has 2 atom stereocenters. The zero-order valence-electron chi connectivity index (χ0n) is 11.0. The van der Waals surface area contributed by atoms with Crippen LogP contribution in [0.25, 0.3) is 0 Å². The number of amides is 1. The molecule has 3 heteroatoms. The van der Waals surface area contributed by atoms with E-state index in [9.17, 15) is 4.79 Å². The monoisotopic (exact) mass is 229 g/mol. The summed E-state index contributed by atoms with van der Waals surface area (Å²) in [6.45, 7) is 6.39. The maximum atomic E-state index is 11.9. The van der Waals surface area contributed by atoms with Crippen molar-refractivity contribution in [3.63, 3.8) is 0 Å². The van der Waals surface area contributed by atoms with Crippen LogP contribution in [-0.4, -0.2) is 23.7 Å². The van der Waals surface area contributed by atoms with Crippen LogP contribution in [0.15, 0.2) is 0 Å². The zero-order valence-corrected chi connectivity index (χ0v) is 11.0. The van der Waals surface area contributed by atoms with E-state index >= 15 is 0 Å². The van der Waals surface area contributed by atoms with Crippen molar-refractivity contribution in [2.45, 2.75) is 65.3 Å². The Labute approximate surface area is 99.6 Å². The lowest BCUT2D eigenvalue weighted by molar-refractivity contribution is -0.126. The molecule has 0 aliphatic heterocycles. The fourth-order valence-electron chi connectivity index (χ4n) is 1.82. The second-order valence-electron chi connectivity index (χ2n) is 4.37. The molecule has 0 aliphatic rings. The summed E-state index contributed by atoms with van der Waals surface area (Å²) in [6, 6.07) is 0.133. The van der Waals surface area contributed by atoms with E-state index in [1.165, 1.54) is 0 Å². The van der Waals surface area contributed by atoms with Crippen LogP contribution in [0.4, 0.5) is 0 Å². The first-order valence-corrected chi connectivity index (χ1v) is 6.60. The first-order valence-electron chi connectivity index (χ1n) is 6.60. The Morgan fingerprint density at radius 2 is 1.88 bits per heavy atom. The number of carbonyl (C=O) groups is 1. The van der Waals surface area contributed by atoms with Gasteiger partial charge in [-0.3, -0.25) is 4.79 Å². The number of unbranched alkanes of at least 4 members (excludes halogenated alkanes) is 1. The van der Waals surface area contributed by atoms with Gasteiger partial charge in [-0.25, -0.2) is 0 Å². The Balaban J connectivity index is 4.06. The minimum absolute atomic E-state index is 0.133. The van der Waals surface area contributed by atoms with Crippen LogP contribution in [0.3, 0.4) is 0 Å². The molecule has 0 fully saturated rings. The van der Waals surface area contributed by atoms with Crippen molar-refractivity contribution < 1.29 is 9.90 Å². The normalized spacial score (nSPS) is 14.5. The summed E-state index contributed by atoms with van der Waals surface area (Å²) in [5, 5.41) is 11.9. The van der Waals surface area contributed by atoms with Crippen molar-refractivity contribution in [3.05, 3.63) is 0 Å². The Bertz CT molecular complexity index is 183. The first kappa shape index (κ1) is 15.4. The highest BCUT2D eigenvalue weighted by Crippen LogP contribution is 2.13. The van der Waals surface area contributed by atoms with Crippen LogP contribution in [0, 0.1) is 5.92 Å². The molecule has 96 valence electrons. The zero-order chi connectivity index (χ0) is 12.4. The van der Waals surface area contributed by atoms with Gasteiger partial charge in [0.2, 0.25) is 5.91 Å². The van der Waals surface area contributed by atoms with Crippen molar-refractivity contribution in [2.75, 3.05) is 6.61 Å². The van der Waals surface area contributed by atoms with E-state index in [1.807, 2.05) is 6.92 Å². The van der Waals surface area contributed by atoms with E-state index in [0.29, 0.717) is 6.42 Å². The summed E-state index contributed by atoms with van der Waals surface area (Å²) in [7, 11) is 0. The number of carbonyl (C=O) groups excluding carboxylic acids is 1. The Kier molecular flexibility index (Phi) is 9.30. The van der Waals surface area contributed by atoms with Gasteiger partial charge in [0.1, 0.15) is 0 Å². The molecule has 3 nitrogen and oxygen atoms in total. The number of hydrogen-bond acceptors (Lipinski definition) is 2. The number of hydrogen-bond donors (Lipinski definition) is 2. The van der Waals surface area contributed by atoms with Crippen molar-refractivity contribution in [3.8, 4) is 0 Å². The summed E-state index contributed by atoms with van der Waals surface area (Å²) in [6.07, 6.45) is 5.68. The van der Waals surface area contributed by atoms with Crippen molar-refractivity contribution >= 4 is 5.91 Å². The SMILES string of the molecule is CCCCC(CC)C(=O)NC(CC)CCO. The van der Waals surface area contributed by atoms with E-state index in [2.05, 4.69) is 19.2 Å². The third kappa shape index (κ3) is 6.11. The molecule has 2 N–H and O–H groups in total. The number of aliphatic hydroxyl groups is 1. The fourth-order valence-corrected chi connectivity index (χ4v) is 1.82. The lowest BCUT2D eigenvalue weighted by atomic mass is 9.97. The van der Waals surface area contributed by atoms with E-state index < -0.39 is 0 Å².